The summed E-state index contributed by atoms with van der Waals surface area (Å²) < 4.78 is 1.98. The summed E-state index contributed by atoms with van der Waals surface area (Å²) in [4.78, 5) is 24.6. The van der Waals surface area contributed by atoms with E-state index in [2.05, 4.69) is 24.0 Å². The summed E-state index contributed by atoms with van der Waals surface area (Å²) in [7, 11) is 0. The smallest absolute Gasteiger partial charge is 0.274 e. The number of piperidine rings is 1. The van der Waals surface area contributed by atoms with E-state index < -0.39 is 0 Å². The summed E-state index contributed by atoms with van der Waals surface area (Å²) in [5.41, 5.74) is 1.89. The van der Waals surface area contributed by atoms with Crippen LogP contribution in [-0.2, 0) is 4.84 Å². The molecule has 2 unspecified atom stereocenters. The molecule has 128 valence electrons. The highest BCUT2D eigenvalue weighted by molar-refractivity contribution is 5.94. The molecule has 1 saturated heterocycles. The average molecular weight is 328 g/mol. The molecule has 6 nitrogen and oxygen atoms in total. The third-order valence-electron chi connectivity index (χ3n) is 6.41. The van der Waals surface area contributed by atoms with Gasteiger partial charge in [0.25, 0.3) is 5.91 Å². The summed E-state index contributed by atoms with van der Waals surface area (Å²) >= 11 is 0. The first kappa shape index (κ1) is 14.5. The van der Waals surface area contributed by atoms with Crippen LogP contribution in [0.25, 0.3) is 0 Å². The lowest BCUT2D eigenvalue weighted by atomic mass is 9.76. The van der Waals surface area contributed by atoms with E-state index in [1.165, 1.54) is 12.1 Å². The zero-order chi connectivity index (χ0) is 16.5. The van der Waals surface area contributed by atoms with Crippen molar-refractivity contribution in [3.05, 3.63) is 18.2 Å². The molecule has 0 bridgehead atoms. The van der Waals surface area contributed by atoms with E-state index in [0.29, 0.717) is 29.5 Å². The van der Waals surface area contributed by atoms with Crippen LogP contribution in [0.5, 0.6) is 0 Å². The van der Waals surface area contributed by atoms with Crippen LogP contribution in [0.2, 0.25) is 0 Å². The van der Waals surface area contributed by atoms with Gasteiger partial charge in [-0.1, -0.05) is 5.16 Å². The van der Waals surface area contributed by atoms with Gasteiger partial charge in [0.1, 0.15) is 11.3 Å². The van der Waals surface area contributed by atoms with Crippen molar-refractivity contribution in [3.8, 4) is 0 Å². The number of likely N-dealkylation sites (tertiary alicyclic amines) is 1. The summed E-state index contributed by atoms with van der Waals surface area (Å²) in [6.45, 7) is 5.86. The standard InChI is InChI=1S/C18H24N4O2/c1-11(2)22-9-15(19-10-22)17(23)21-7-12-13(8-21)16(12)14-6-18(24-20-14)4-3-5-18/h9-13,16H,3-8H2,1-2H3. The molecule has 1 amide bonds. The zero-order valence-electron chi connectivity index (χ0n) is 14.3. The molecule has 1 aromatic rings. The highest BCUT2D eigenvalue weighted by Gasteiger charge is 2.61. The molecule has 1 spiro atoms. The first-order valence-electron chi connectivity index (χ1n) is 9.14. The summed E-state index contributed by atoms with van der Waals surface area (Å²) in [5.74, 6) is 1.79. The minimum absolute atomic E-state index is 0.0609. The Bertz CT molecular complexity index is 706. The van der Waals surface area contributed by atoms with E-state index in [9.17, 15) is 4.79 Å². The van der Waals surface area contributed by atoms with Crippen molar-refractivity contribution in [3.63, 3.8) is 0 Å². The van der Waals surface area contributed by atoms with Crippen LogP contribution in [0.1, 0.15) is 56.1 Å². The Morgan fingerprint density at radius 3 is 2.62 bits per heavy atom. The number of carbonyl (C=O) groups excluding carboxylic acids is 1. The number of nitrogens with zero attached hydrogens (tertiary/aromatic N) is 4. The summed E-state index contributed by atoms with van der Waals surface area (Å²) in [5, 5.41) is 4.40. The zero-order valence-corrected chi connectivity index (χ0v) is 14.3. The van der Waals surface area contributed by atoms with E-state index in [-0.39, 0.29) is 11.5 Å². The molecule has 2 aliphatic heterocycles. The molecule has 0 N–H and O–H groups in total. The maximum absolute atomic E-state index is 12.6. The fraction of sp³-hybridized carbons (Fsp3) is 0.722. The predicted molar refractivity (Wildman–Crippen MR) is 88.7 cm³/mol. The SMILES string of the molecule is CC(C)n1cnc(C(=O)N2CC3C(C2)C3C2=NOC3(CCC3)C2)c1. The van der Waals surface area contributed by atoms with Gasteiger partial charge in [0, 0.05) is 37.7 Å². The normalized spacial score (nSPS) is 32.5. The Morgan fingerprint density at radius 1 is 1.33 bits per heavy atom. The van der Waals surface area contributed by atoms with Crippen LogP contribution in [0, 0.1) is 17.8 Å². The molecule has 3 heterocycles. The summed E-state index contributed by atoms with van der Waals surface area (Å²) in [6, 6.07) is 0.328. The van der Waals surface area contributed by atoms with Crippen LogP contribution < -0.4 is 0 Å². The molecule has 4 aliphatic rings. The van der Waals surface area contributed by atoms with E-state index in [1.807, 2.05) is 15.7 Å². The van der Waals surface area contributed by atoms with E-state index in [4.69, 9.17) is 4.84 Å². The van der Waals surface area contributed by atoms with Crippen molar-refractivity contribution in [2.24, 2.45) is 22.9 Å². The van der Waals surface area contributed by atoms with Crippen LogP contribution in [0.15, 0.2) is 17.7 Å². The van der Waals surface area contributed by atoms with Crippen molar-refractivity contribution in [2.75, 3.05) is 13.1 Å². The van der Waals surface area contributed by atoms with Crippen LogP contribution in [0.3, 0.4) is 0 Å². The van der Waals surface area contributed by atoms with E-state index in [1.54, 1.807) is 6.33 Å². The molecule has 6 heteroatoms. The van der Waals surface area contributed by atoms with Gasteiger partial charge < -0.3 is 14.3 Å². The molecular formula is C18H24N4O2. The molecule has 2 atom stereocenters. The Balaban J connectivity index is 1.20. The van der Waals surface area contributed by atoms with Crippen LogP contribution in [0.4, 0.5) is 0 Å². The van der Waals surface area contributed by atoms with Crippen molar-refractivity contribution in [1.82, 2.24) is 14.5 Å². The van der Waals surface area contributed by atoms with Crippen molar-refractivity contribution >= 4 is 11.6 Å². The second-order valence-corrected chi connectivity index (χ2v) is 8.25. The highest BCUT2D eigenvalue weighted by Crippen LogP contribution is 2.56. The predicted octanol–water partition coefficient (Wildman–Crippen LogP) is 2.48. The molecular weight excluding hydrogens is 304 g/mol. The van der Waals surface area contributed by atoms with Gasteiger partial charge in [-0.05, 0) is 44.9 Å². The largest absolute Gasteiger partial charge is 0.389 e. The number of hydrogen-bond acceptors (Lipinski definition) is 4. The van der Waals surface area contributed by atoms with Crippen LogP contribution in [-0.4, -0.2) is 44.8 Å². The number of oxime groups is 1. The molecule has 2 aliphatic carbocycles. The molecule has 5 rings (SSSR count). The van der Waals surface area contributed by atoms with Gasteiger partial charge in [0.2, 0.25) is 0 Å². The lowest BCUT2D eigenvalue weighted by Crippen LogP contribution is -2.37. The summed E-state index contributed by atoms with van der Waals surface area (Å²) in [6.07, 6.45) is 8.23. The molecule has 0 radical (unpaired) electrons. The first-order chi connectivity index (χ1) is 11.6. The first-order valence-corrected chi connectivity index (χ1v) is 9.14. The molecule has 24 heavy (non-hydrogen) atoms. The van der Waals surface area contributed by atoms with Crippen molar-refractivity contribution < 1.29 is 9.63 Å². The second kappa shape index (κ2) is 4.83. The topological polar surface area (TPSA) is 59.7 Å². The Labute approximate surface area is 141 Å². The van der Waals surface area contributed by atoms with Gasteiger partial charge in [0.05, 0.1) is 12.0 Å². The van der Waals surface area contributed by atoms with Crippen molar-refractivity contribution in [2.45, 2.75) is 51.2 Å². The average Bonchev–Trinajstić information content (AvgIpc) is 3.06. The fourth-order valence-corrected chi connectivity index (χ4v) is 4.65. The van der Waals surface area contributed by atoms with E-state index in [0.717, 1.165) is 32.4 Å². The van der Waals surface area contributed by atoms with Gasteiger partial charge in [-0.2, -0.15) is 0 Å². The number of rotatable bonds is 3. The van der Waals surface area contributed by atoms with Crippen LogP contribution >= 0.6 is 0 Å². The maximum Gasteiger partial charge on any atom is 0.274 e. The fourth-order valence-electron chi connectivity index (χ4n) is 4.65. The van der Waals surface area contributed by atoms with Gasteiger partial charge in [0.15, 0.2) is 0 Å². The number of carbonyl (C=O) groups is 1. The Hall–Kier alpha value is -1.85. The number of fused-ring (bicyclic) bond motifs is 1. The third kappa shape index (κ3) is 2.04. The second-order valence-electron chi connectivity index (χ2n) is 8.25. The Morgan fingerprint density at radius 2 is 2.08 bits per heavy atom. The van der Waals surface area contributed by atoms with Crippen molar-refractivity contribution in [1.29, 1.82) is 0 Å². The van der Waals surface area contributed by atoms with Gasteiger partial charge in [-0.3, -0.25) is 4.79 Å². The number of amides is 1. The molecule has 1 aromatic heterocycles. The molecule has 0 aromatic carbocycles. The lowest BCUT2D eigenvalue weighted by molar-refractivity contribution is -0.0755. The third-order valence-corrected chi connectivity index (χ3v) is 6.41. The molecule has 3 fully saturated rings. The highest BCUT2D eigenvalue weighted by atomic mass is 16.7. The quantitative estimate of drug-likeness (QED) is 0.856. The maximum atomic E-state index is 12.6. The van der Waals surface area contributed by atoms with Gasteiger partial charge in [-0.15, -0.1) is 0 Å². The minimum atomic E-state index is 0.0609. The number of aromatic nitrogens is 2. The molecule has 2 saturated carbocycles. The number of imidazole rings is 1. The monoisotopic (exact) mass is 328 g/mol. The minimum Gasteiger partial charge on any atom is -0.389 e. The van der Waals surface area contributed by atoms with Gasteiger partial charge >= 0.3 is 0 Å². The number of hydrogen-bond donors (Lipinski definition) is 0. The lowest BCUT2D eigenvalue weighted by Gasteiger charge is -2.34. The van der Waals surface area contributed by atoms with E-state index >= 15 is 0 Å². The Kier molecular flexibility index (Phi) is 2.92. The van der Waals surface area contributed by atoms with Gasteiger partial charge in [-0.25, -0.2) is 4.98 Å².